The minimum absolute atomic E-state index is 0.209. The van der Waals surface area contributed by atoms with Crippen molar-refractivity contribution >= 4 is 5.97 Å². The summed E-state index contributed by atoms with van der Waals surface area (Å²) in [6, 6.07) is 0. The van der Waals surface area contributed by atoms with E-state index in [4.69, 9.17) is 0 Å². The van der Waals surface area contributed by atoms with Crippen LogP contribution in [0.25, 0.3) is 0 Å². The van der Waals surface area contributed by atoms with Gasteiger partial charge in [0, 0.05) is 29.8 Å². The van der Waals surface area contributed by atoms with Crippen LogP contribution in [0, 0.1) is 0 Å². The molecule has 0 aliphatic rings. The zero-order valence-corrected chi connectivity index (χ0v) is 12.7. The molecule has 1 N–H and O–H groups in total. The third-order valence-electron chi connectivity index (χ3n) is 2.89. The third-order valence-corrected chi connectivity index (χ3v) is 2.89. The summed E-state index contributed by atoms with van der Waals surface area (Å²) in [6.07, 6.45) is 12.6. The lowest BCUT2D eigenvalue weighted by Gasteiger charge is -1.96. The number of imidazole rings is 1. The molecule has 0 aliphatic heterocycles. The van der Waals surface area contributed by atoms with Crippen molar-refractivity contribution < 1.29 is 14.3 Å². The van der Waals surface area contributed by atoms with Crippen molar-refractivity contribution in [2.75, 3.05) is 0 Å². The maximum atomic E-state index is 11.1. The molecule has 1 aromatic heterocycles. The van der Waals surface area contributed by atoms with Gasteiger partial charge in [-0.15, -0.1) is 0 Å². The van der Waals surface area contributed by atoms with E-state index < -0.39 is 5.97 Å². The number of halogens is 1. The second-order valence-electron chi connectivity index (χ2n) is 4.75. The van der Waals surface area contributed by atoms with Crippen molar-refractivity contribution in [1.29, 1.82) is 0 Å². The molecule has 0 fully saturated rings. The highest BCUT2D eigenvalue weighted by Crippen LogP contribution is 2.05. The number of nitrogens with one attached hydrogen (secondary N) is 1. The number of hydrogen-bond acceptors (Lipinski definition) is 3. The van der Waals surface area contributed by atoms with Gasteiger partial charge in [-0.25, -0.2) is 9.78 Å². The van der Waals surface area contributed by atoms with E-state index in [1.165, 1.54) is 25.7 Å². The van der Waals surface area contributed by atoms with Crippen molar-refractivity contribution in [2.45, 2.75) is 71.6 Å². The lowest BCUT2D eigenvalue weighted by atomic mass is 10.1. The van der Waals surface area contributed by atoms with Crippen LogP contribution < -0.4 is 0 Å². The number of aromatic amines is 1. The molecular weight excluding hydrogens is 259 g/mol. The van der Waals surface area contributed by atoms with Crippen molar-refractivity contribution in [3.05, 3.63) is 18.2 Å². The van der Waals surface area contributed by atoms with Gasteiger partial charge in [0.05, 0.1) is 0 Å². The summed E-state index contributed by atoms with van der Waals surface area (Å²) in [5, 5.41) is 0. The third kappa shape index (κ3) is 11.7. The Morgan fingerprint density at radius 2 is 1.90 bits per heavy atom. The molecule has 1 rings (SSSR count). The molecule has 0 saturated carbocycles. The Morgan fingerprint density at radius 1 is 1.20 bits per heavy atom. The van der Waals surface area contributed by atoms with Crippen LogP contribution in [0.5, 0.6) is 0 Å². The molecule has 116 valence electrons. The van der Waals surface area contributed by atoms with Gasteiger partial charge >= 0.3 is 5.97 Å². The van der Waals surface area contributed by atoms with Gasteiger partial charge in [0.25, 0.3) is 0 Å². The Hall–Kier alpha value is -1.39. The van der Waals surface area contributed by atoms with Crippen LogP contribution in [0.2, 0.25) is 0 Å². The number of rotatable bonds is 9. The molecule has 4 nitrogen and oxygen atoms in total. The van der Waals surface area contributed by atoms with Gasteiger partial charge in [0.1, 0.15) is 5.82 Å². The maximum absolute atomic E-state index is 11.1. The summed E-state index contributed by atoms with van der Waals surface area (Å²) in [7, 11) is 0. The van der Waals surface area contributed by atoms with Crippen LogP contribution in [0.1, 0.15) is 71.0 Å². The van der Waals surface area contributed by atoms with Gasteiger partial charge in [-0.3, -0.25) is 4.94 Å². The summed E-state index contributed by atoms with van der Waals surface area (Å²) in [4.78, 5) is 20.4. The van der Waals surface area contributed by atoms with E-state index in [1.54, 1.807) is 6.20 Å². The summed E-state index contributed by atoms with van der Waals surface area (Å²) in [5.41, 5.74) is 0. The van der Waals surface area contributed by atoms with Crippen molar-refractivity contribution in [2.24, 2.45) is 0 Å². The summed E-state index contributed by atoms with van der Waals surface area (Å²) in [6.45, 7) is 4.30. The molecule has 1 heterocycles. The highest BCUT2D eigenvalue weighted by atomic mass is 19.3. The number of unbranched alkanes of at least 4 members (excludes halogenated alkanes) is 5. The first-order chi connectivity index (χ1) is 9.74. The molecular formula is C15H27FN2O2. The largest absolute Gasteiger partial charge is 0.349 e. The zero-order chi connectivity index (χ0) is 15.1. The molecule has 0 aromatic carbocycles. The molecule has 0 atom stereocenters. The number of carbonyl (C=O) groups is 1. The monoisotopic (exact) mass is 286 g/mol. The minimum Gasteiger partial charge on any atom is -0.349 e. The Labute approximate surface area is 121 Å². The Morgan fingerprint density at radius 3 is 2.45 bits per heavy atom. The quantitative estimate of drug-likeness (QED) is 0.679. The Balaban J connectivity index is 0.000000367. The first-order valence-electron chi connectivity index (χ1n) is 7.54. The number of carbonyl (C=O) groups excluding carboxylic acids is 1. The molecule has 0 radical (unpaired) electrons. The van der Waals surface area contributed by atoms with Crippen LogP contribution in [0.3, 0.4) is 0 Å². The molecule has 0 aliphatic carbocycles. The number of aromatic nitrogens is 2. The smallest absolute Gasteiger partial charge is 0.348 e. The predicted octanol–water partition coefficient (Wildman–Crippen LogP) is 4.53. The van der Waals surface area contributed by atoms with Gasteiger partial charge in [-0.1, -0.05) is 46.0 Å². The van der Waals surface area contributed by atoms with E-state index in [9.17, 15) is 9.32 Å². The lowest BCUT2D eigenvalue weighted by Crippen LogP contribution is -1.96. The summed E-state index contributed by atoms with van der Waals surface area (Å²) in [5.74, 6) is 0.360. The Kier molecular flexibility index (Phi) is 13.1. The molecule has 1 aromatic rings. The van der Waals surface area contributed by atoms with E-state index in [-0.39, 0.29) is 6.42 Å². The number of nitrogens with zero attached hydrogens (tertiary/aromatic N) is 1. The van der Waals surface area contributed by atoms with Gasteiger partial charge in [-0.05, 0) is 12.8 Å². The van der Waals surface area contributed by atoms with Crippen molar-refractivity contribution in [3.63, 3.8) is 0 Å². The second kappa shape index (κ2) is 14.0. The predicted molar refractivity (Wildman–Crippen MR) is 77.8 cm³/mol. The van der Waals surface area contributed by atoms with Gasteiger partial charge < -0.3 is 4.98 Å². The van der Waals surface area contributed by atoms with Crippen LogP contribution in [0.4, 0.5) is 4.53 Å². The first-order valence-corrected chi connectivity index (χ1v) is 7.54. The fourth-order valence-electron chi connectivity index (χ4n) is 1.69. The van der Waals surface area contributed by atoms with Gasteiger partial charge in [0.2, 0.25) is 0 Å². The fourth-order valence-corrected chi connectivity index (χ4v) is 1.69. The van der Waals surface area contributed by atoms with E-state index in [2.05, 4.69) is 28.8 Å². The van der Waals surface area contributed by atoms with Gasteiger partial charge in [-0.2, -0.15) is 0 Å². The van der Waals surface area contributed by atoms with E-state index in [1.807, 2.05) is 6.20 Å². The standard InChI is InChI=1S/C8H15FO2.C7H12N2/c1-2-3-4-5-6-7-8(10)11-9;1-2-3-4-7-8-5-6-9-7/h2-7H2,1H3;5-6H,2-4H2,1H3,(H,8,9). The average Bonchev–Trinajstić information content (AvgIpc) is 2.98. The molecule has 0 bridgehead atoms. The van der Waals surface area contributed by atoms with Crippen molar-refractivity contribution in [3.8, 4) is 0 Å². The second-order valence-corrected chi connectivity index (χ2v) is 4.75. The van der Waals surface area contributed by atoms with Crippen LogP contribution in [-0.2, 0) is 16.2 Å². The molecule has 0 spiro atoms. The molecule has 0 amide bonds. The SMILES string of the molecule is CCCCCCCC(=O)OF.CCCCc1ncc[nH]1. The van der Waals surface area contributed by atoms with Crippen LogP contribution in [0.15, 0.2) is 12.4 Å². The van der Waals surface area contributed by atoms with Crippen molar-refractivity contribution in [1.82, 2.24) is 9.97 Å². The summed E-state index contributed by atoms with van der Waals surface area (Å²) >= 11 is 0. The number of hydrogen-bond donors (Lipinski definition) is 1. The number of H-pyrrole nitrogens is 1. The highest BCUT2D eigenvalue weighted by molar-refractivity contribution is 5.68. The lowest BCUT2D eigenvalue weighted by molar-refractivity contribution is -0.183. The van der Waals surface area contributed by atoms with E-state index in [0.29, 0.717) is 0 Å². The normalized spacial score (nSPS) is 9.75. The summed E-state index contributed by atoms with van der Waals surface area (Å²) < 4.78 is 11.1. The minimum atomic E-state index is -0.749. The number of aryl methyl sites for hydroxylation is 1. The maximum Gasteiger partial charge on any atom is 0.348 e. The molecule has 0 unspecified atom stereocenters. The van der Waals surface area contributed by atoms with Crippen LogP contribution in [-0.4, -0.2) is 15.9 Å². The topological polar surface area (TPSA) is 55.0 Å². The first kappa shape index (κ1) is 18.6. The fraction of sp³-hybridized carbons (Fsp3) is 0.733. The van der Waals surface area contributed by atoms with Crippen LogP contribution >= 0.6 is 0 Å². The molecule has 5 heteroatoms. The highest BCUT2D eigenvalue weighted by Gasteiger charge is 2.00. The zero-order valence-electron chi connectivity index (χ0n) is 12.7. The van der Waals surface area contributed by atoms with E-state index in [0.717, 1.165) is 31.5 Å². The molecule has 0 saturated heterocycles. The Bertz CT molecular complexity index is 316. The molecule has 20 heavy (non-hydrogen) atoms. The average molecular weight is 286 g/mol. The van der Waals surface area contributed by atoms with Gasteiger partial charge in [0.15, 0.2) is 0 Å². The van der Waals surface area contributed by atoms with E-state index >= 15 is 0 Å².